The molecule has 0 spiro atoms. The number of aryl methyl sites for hydroxylation is 1. The van der Waals surface area contributed by atoms with Crippen molar-refractivity contribution < 1.29 is 4.39 Å². The van der Waals surface area contributed by atoms with E-state index < -0.39 is 5.82 Å². The maximum atomic E-state index is 14.7. The van der Waals surface area contributed by atoms with Crippen LogP contribution < -0.4 is 20.7 Å². The molecule has 34 heavy (non-hydrogen) atoms. The molecule has 0 atom stereocenters. The number of nitrogens with zero attached hydrogens (tertiary/aromatic N) is 7. The highest BCUT2D eigenvalue weighted by molar-refractivity contribution is 5.93. The molecule has 1 aromatic carbocycles. The Morgan fingerprint density at radius 2 is 1.91 bits per heavy atom. The van der Waals surface area contributed by atoms with Crippen LogP contribution in [-0.2, 0) is 7.05 Å². The number of anilines is 3. The Bertz CT molecular complexity index is 1400. The summed E-state index contributed by atoms with van der Waals surface area (Å²) >= 11 is 0. The summed E-state index contributed by atoms with van der Waals surface area (Å²) in [5.74, 6) is 0.464. The molecule has 2 aliphatic rings. The van der Waals surface area contributed by atoms with Crippen molar-refractivity contribution >= 4 is 33.9 Å². The SMILES string of the molecule is C/C1=C\N(Nc2ccc(N3CCNCC3)cn2)c2ncc(F)c(n2)-c2ccc3nn(C)c1c3c2. The number of pyridine rings is 1. The monoisotopic (exact) mass is 457 g/mol. The van der Waals surface area contributed by atoms with Gasteiger partial charge >= 0.3 is 0 Å². The van der Waals surface area contributed by atoms with E-state index in [4.69, 9.17) is 0 Å². The number of piperazine rings is 1. The van der Waals surface area contributed by atoms with Crippen molar-refractivity contribution in [2.24, 2.45) is 7.05 Å². The van der Waals surface area contributed by atoms with Gasteiger partial charge in [0.05, 0.1) is 29.3 Å². The van der Waals surface area contributed by atoms with Crippen LogP contribution in [0, 0.1) is 5.82 Å². The minimum absolute atomic E-state index is 0.239. The molecule has 0 amide bonds. The van der Waals surface area contributed by atoms with Gasteiger partial charge in [0.1, 0.15) is 11.5 Å². The van der Waals surface area contributed by atoms with Gasteiger partial charge in [-0.25, -0.2) is 24.4 Å². The number of aromatic nitrogens is 5. The molecule has 5 heterocycles. The van der Waals surface area contributed by atoms with Crippen LogP contribution in [0.15, 0.2) is 48.9 Å². The van der Waals surface area contributed by atoms with Crippen molar-refractivity contribution in [1.29, 1.82) is 0 Å². The zero-order chi connectivity index (χ0) is 23.2. The second-order valence-corrected chi connectivity index (χ2v) is 8.50. The smallest absolute Gasteiger partial charge is 0.249 e. The Balaban J connectivity index is 1.41. The minimum Gasteiger partial charge on any atom is -0.368 e. The summed E-state index contributed by atoms with van der Waals surface area (Å²) in [7, 11) is 1.91. The highest BCUT2D eigenvalue weighted by atomic mass is 19.1. The van der Waals surface area contributed by atoms with Crippen LogP contribution in [0.25, 0.3) is 27.7 Å². The number of fused-ring (bicyclic) bond motifs is 4. The largest absolute Gasteiger partial charge is 0.368 e. The lowest BCUT2D eigenvalue weighted by molar-refractivity contribution is 0.589. The van der Waals surface area contributed by atoms with Crippen LogP contribution in [0.4, 0.5) is 21.8 Å². The van der Waals surface area contributed by atoms with Gasteiger partial charge in [-0.3, -0.25) is 10.1 Å². The lowest BCUT2D eigenvalue weighted by atomic mass is 10.0. The molecular weight excluding hydrogens is 433 g/mol. The molecule has 4 aromatic rings. The molecule has 2 N–H and O–H groups in total. The van der Waals surface area contributed by atoms with E-state index in [1.807, 2.05) is 61.4 Å². The standard InChI is InChI=1S/C24H24FN9/c1-15-14-34(31-21-6-4-17(12-27-21)33-9-7-26-8-10-33)24-28-13-19(25)22(29-24)16-3-5-20-18(11-16)23(15)32(2)30-20/h3-6,11-14,26H,7-10H2,1-2H3,(H,27,31)/b15-14+. The molecule has 0 unspecified atom stereocenters. The maximum Gasteiger partial charge on any atom is 0.249 e. The van der Waals surface area contributed by atoms with E-state index >= 15 is 0 Å². The van der Waals surface area contributed by atoms with Crippen LogP contribution in [-0.4, -0.2) is 50.9 Å². The molecule has 1 fully saturated rings. The summed E-state index contributed by atoms with van der Waals surface area (Å²) in [6.07, 6.45) is 4.95. The zero-order valence-corrected chi connectivity index (χ0v) is 19.0. The van der Waals surface area contributed by atoms with Crippen molar-refractivity contribution in [3.63, 3.8) is 0 Å². The highest BCUT2D eigenvalue weighted by Crippen LogP contribution is 2.32. The first-order valence-electron chi connectivity index (χ1n) is 11.2. The number of hydrazine groups is 1. The number of benzene rings is 1. The van der Waals surface area contributed by atoms with Crippen LogP contribution in [0.3, 0.4) is 0 Å². The van der Waals surface area contributed by atoms with E-state index in [-0.39, 0.29) is 5.69 Å². The van der Waals surface area contributed by atoms with Gasteiger partial charge < -0.3 is 10.2 Å². The van der Waals surface area contributed by atoms with Crippen molar-refractivity contribution in [2.75, 3.05) is 41.5 Å². The summed E-state index contributed by atoms with van der Waals surface area (Å²) in [5.41, 5.74) is 8.00. The fourth-order valence-electron chi connectivity index (χ4n) is 4.57. The van der Waals surface area contributed by atoms with Gasteiger partial charge in [0.15, 0.2) is 5.82 Å². The average molecular weight is 458 g/mol. The van der Waals surface area contributed by atoms with Crippen LogP contribution in [0.2, 0.25) is 0 Å². The second-order valence-electron chi connectivity index (χ2n) is 8.50. The zero-order valence-electron chi connectivity index (χ0n) is 19.0. The Morgan fingerprint density at radius 3 is 2.71 bits per heavy atom. The van der Waals surface area contributed by atoms with Crippen molar-refractivity contribution in [3.05, 3.63) is 60.4 Å². The molecular formula is C24H24FN9. The Kier molecular flexibility index (Phi) is 4.88. The summed E-state index contributed by atoms with van der Waals surface area (Å²) < 4.78 is 16.6. The Hall–Kier alpha value is -4.05. The van der Waals surface area contributed by atoms with Crippen molar-refractivity contribution in [3.8, 4) is 11.3 Å². The molecule has 10 heteroatoms. The number of hydrogen-bond acceptors (Lipinski definition) is 8. The molecule has 0 radical (unpaired) electrons. The van der Waals surface area contributed by atoms with Crippen LogP contribution in [0.1, 0.15) is 12.6 Å². The molecule has 0 aliphatic carbocycles. The van der Waals surface area contributed by atoms with E-state index in [2.05, 4.69) is 35.7 Å². The molecule has 9 nitrogen and oxygen atoms in total. The van der Waals surface area contributed by atoms with Crippen molar-refractivity contribution in [1.82, 2.24) is 30.0 Å². The van der Waals surface area contributed by atoms with Gasteiger partial charge in [-0.1, -0.05) is 6.07 Å². The third kappa shape index (κ3) is 3.52. The molecule has 3 aromatic heterocycles. The summed E-state index contributed by atoms with van der Waals surface area (Å²) in [6.45, 7) is 5.84. The van der Waals surface area contributed by atoms with E-state index in [0.717, 1.165) is 54.0 Å². The maximum absolute atomic E-state index is 14.7. The average Bonchev–Trinajstić information content (AvgIpc) is 3.19. The van der Waals surface area contributed by atoms with E-state index in [1.54, 1.807) is 5.01 Å². The minimum atomic E-state index is -0.478. The predicted molar refractivity (Wildman–Crippen MR) is 131 cm³/mol. The van der Waals surface area contributed by atoms with Crippen molar-refractivity contribution in [2.45, 2.75) is 6.92 Å². The third-order valence-electron chi connectivity index (χ3n) is 6.21. The van der Waals surface area contributed by atoms with Crippen LogP contribution >= 0.6 is 0 Å². The van der Waals surface area contributed by atoms with E-state index in [9.17, 15) is 4.39 Å². The van der Waals surface area contributed by atoms with E-state index in [1.165, 1.54) is 6.20 Å². The topological polar surface area (TPSA) is 87.0 Å². The summed E-state index contributed by atoms with van der Waals surface area (Å²) in [5, 5.41) is 10.6. The van der Waals surface area contributed by atoms with Gasteiger partial charge in [-0.05, 0) is 36.8 Å². The fourth-order valence-corrected chi connectivity index (χ4v) is 4.57. The molecule has 1 saturated heterocycles. The first kappa shape index (κ1) is 20.5. The number of halogens is 1. The van der Waals surface area contributed by atoms with Gasteiger partial charge in [0.2, 0.25) is 5.95 Å². The fraction of sp³-hybridized carbons (Fsp3) is 0.250. The summed E-state index contributed by atoms with van der Waals surface area (Å²) in [6, 6.07) is 9.64. The first-order valence-corrected chi connectivity index (χ1v) is 11.2. The number of hydrogen-bond donors (Lipinski definition) is 2. The van der Waals surface area contributed by atoms with Gasteiger partial charge in [-0.15, -0.1) is 0 Å². The number of allylic oxidation sites excluding steroid dienone is 1. The molecule has 4 bridgehead atoms. The number of rotatable bonds is 3. The third-order valence-corrected chi connectivity index (χ3v) is 6.21. The van der Waals surface area contributed by atoms with Gasteiger partial charge in [-0.2, -0.15) is 5.10 Å². The normalized spacial score (nSPS) is 17.1. The lowest BCUT2D eigenvalue weighted by Crippen LogP contribution is -2.43. The first-order chi connectivity index (χ1) is 16.6. The molecule has 172 valence electrons. The van der Waals surface area contributed by atoms with Gasteiger partial charge in [0, 0.05) is 50.4 Å². The highest BCUT2D eigenvalue weighted by Gasteiger charge is 2.20. The van der Waals surface area contributed by atoms with Gasteiger partial charge in [0.25, 0.3) is 0 Å². The Labute approximate surface area is 195 Å². The second kappa shape index (κ2) is 8.07. The van der Waals surface area contributed by atoms with E-state index in [0.29, 0.717) is 17.3 Å². The molecule has 6 rings (SSSR count). The van der Waals surface area contributed by atoms with Crippen LogP contribution in [0.5, 0.6) is 0 Å². The predicted octanol–water partition coefficient (Wildman–Crippen LogP) is 3.18. The number of nitrogens with one attached hydrogen (secondary N) is 2. The molecule has 2 aliphatic heterocycles. The lowest BCUT2D eigenvalue weighted by Gasteiger charge is -2.29. The summed E-state index contributed by atoms with van der Waals surface area (Å²) in [4.78, 5) is 15.7. The molecule has 0 saturated carbocycles. The quantitative estimate of drug-likeness (QED) is 0.485. The Morgan fingerprint density at radius 1 is 1.06 bits per heavy atom.